The van der Waals surface area contributed by atoms with Crippen LogP contribution in [0.4, 0.5) is 17.3 Å². The number of carbonyl (C=O) groups is 1. The Morgan fingerprint density at radius 3 is 2.52 bits per heavy atom. The SMILES string of the molecule is CCc1ccccc1Nc1nc(C)cc(C(=O)Nc2cc(C)ccc2C)n1. The van der Waals surface area contributed by atoms with Crippen LogP contribution in [0.15, 0.2) is 48.5 Å². The van der Waals surface area contributed by atoms with Crippen molar-refractivity contribution in [3.8, 4) is 0 Å². The fraction of sp³-hybridized carbons (Fsp3) is 0.227. The Bertz CT molecular complexity index is 982. The molecule has 3 rings (SSSR count). The molecule has 0 aliphatic rings. The number of amides is 1. The van der Waals surface area contributed by atoms with E-state index < -0.39 is 0 Å². The first-order valence-electron chi connectivity index (χ1n) is 9.05. The van der Waals surface area contributed by atoms with Gasteiger partial charge in [0.05, 0.1) is 0 Å². The van der Waals surface area contributed by atoms with Crippen molar-refractivity contribution < 1.29 is 4.79 Å². The lowest BCUT2D eigenvalue weighted by atomic mass is 10.1. The van der Waals surface area contributed by atoms with Crippen molar-refractivity contribution >= 4 is 23.2 Å². The summed E-state index contributed by atoms with van der Waals surface area (Å²) in [6.45, 7) is 7.92. The fourth-order valence-corrected chi connectivity index (χ4v) is 2.87. The van der Waals surface area contributed by atoms with Crippen LogP contribution >= 0.6 is 0 Å². The molecule has 0 spiro atoms. The van der Waals surface area contributed by atoms with E-state index in [0.29, 0.717) is 11.6 Å². The lowest BCUT2D eigenvalue weighted by Gasteiger charge is -2.12. The summed E-state index contributed by atoms with van der Waals surface area (Å²) in [5, 5.41) is 6.19. The molecule has 1 heterocycles. The number of hydrogen-bond donors (Lipinski definition) is 2. The largest absolute Gasteiger partial charge is 0.324 e. The summed E-state index contributed by atoms with van der Waals surface area (Å²) >= 11 is 0. The van der Waals surface area contributed by atoms with Crippen molar-refractivity contribution in [2.75, 3.05) is 10.6 Å². The molecule has 0 saturated heterocycles. The Morgan fingerprint density at radius 1 is 0.963 bits per heavy atom. The van der Waals surface area contributed by atoms with E-state index in [-0.39, 0.29) is 5.91 Å². The third kappa shape index (κ3) is 4.50. The van der Waals surface area contributed by atoms with Crippen molar-refractivity contribution in [1.82, 2.24) is 9.97 Å². The molecule has 3 aromatic rings. The maximum absolute atomic E-state index is 12.7. The number of anilines is 3. The van der Waals surface area contributed by atoms with Gasteiger partial charge in [-0.15, -0.1) is 0 Å². The summed E-state index contributed by atoms with van der Waals surface area (Å²) < 4.78 is 0. The van der Waals surface area contributed by atoms with Gasteiger partial charge in [-0.25, -0.2) is 9.97 Å². The molecular formula is C22H24N4O. The van der Waals surface area contributed by atoms with Crippen molar-refractivity contribution in [1.29, 1.82) is 0 Å². The van der Waals surface area contributed by atoms with E-state index in [0.717, 1.165) is 34.6 Å². The summed E-state index contributed by atoms with van der Waals surface area (Å²) in [7, 11) is 0. The summed E-state index contributed by atoms with van der Waals surface area (Å²) in [5.74, 6) is 0.169. The number of para-hydroxylation sites is 1. The number of nitrogens with one attached hydrogen (secondary N) is 2. The minimum Gasteiger partial charge on any atom is -0.324 e. The molecule has 138 valence electrons. The maximum Gasteiger partial charge on any atom is 0.274 e. The average molecular weight is 360 g/mol. The molecule has 27 heavy (non-hydrogen) atoms. The lowest BCUT2D eigenvalue weighted by Crippen LogP contribution is -2.16. The molecule has 2 aromatic carbocycles. The van der Waals surface area contributed by atoms with Crippen LogP contribution in [0.3, 0.4) is 0 Å². The molecule has 0 aliphatic carbocycles. The molecule has 1 aromatic heterocycles. The first-order valence-corrected chi connectivity index (χ1v) is 9.05. The van der Waals surface area contributed by atoms with E-state index >= 15 is 0 Å². The van der Waals surface area contributed by atoms with Crippen LogP contribution < -0.4 is 10.6 Å². The van der Waals surface area contributed by atoms with Crippen molar-refractivity contribution in [2.45, 2.75) is 34.1 Å². The first-order chi connectivity index (χ1) is 13.0. The summed E-state index contributed by atoms with van der Waals surface area (Å²) in [4.78, 5) is 21.6. The summed E-state index contributed by atoms with van der Waals surface area (Å²) in [6.07, 6.45) is 0.898. The van der Waals surface area contributed by atoms with Gasteiger partial charge < -0.3 is 10.6 Å². The highest BCUT2D eigenvalue weighted by molar-refractivity contribution is 6.03. The standard InChI is InChI=1S/C22H24N4O/c1-5-17-8-6-7-9-18(17)25-22-23-16(4)13-20(26-22)21(27)24-19-12-14(2)10-11-15(19)3/h6-13H,5H2,1-4H3,(H,24,27)(H,23,25,26). The predicted octanol–water partition coefficient (Wildman–Crippen LogP) is 4.96. The van der Waals surface area contributed by atoms with E-state index in [1.54, 1.807) is 6.07 Å². The third-order valence-electron chi connectivity index (χ3n) is 4.37. The minimum atomic E-state index is -0.249. The number of hydrogen-bond acceptors (Lipinski definition) is 4. The second-order valence-electron chi connectivity index (χ2n) is 6.63. The highest BCUT2D eigenvalue weighted by atomic mass is 16.1. The molecule has 0 fully saturated rings. The molecule has 0 radical (unpaired) electrons. The van der Waals surface area contributed by atoms with Crippen LogP contribution in [0.5, 0.6) is 0 Å². The van der Waals surface area contributed by atoms with Gasteiger partial charge >= 0.3 is 0 Å². The summed E-state index contributed by atoms with van der Waals surface area (Å²) in [5.41, 5.74) is 6.08. The normalized spacial score (nSPS) is 10.5. The molecule has 0 saturated carbocycles. The van der Waals surface area contributed by atoms with E-state index in [4.69, 9.17) is 0 Å². The van der Waals surface area contributed by atoms with E-state index in [1.807, 2.05) is 57.2 Å². The van der Waals surface area contributed by atoms with Crippen LogP contribution in [0.2, 0.25) is 0 Å². The Morgan fingerprint density at radius 2 is 1.74 bits per heavy atom. The van der Waals surface area contributed by atoms with Crippen LogP contribution in [0, 0.1) is 20.8 Å². The number of aryl methyl sites for hydroxylation is 4. The molecule has 2 N–H and O–H groups in total. The van der Waals surface area contributed by atoms with Crippen LogP contribution in [-0.2, 0) is 6.42 Å². The minimum absolute atomic E-state index is 0.249. The van der Waals surface area contributed by atoms with Gasteiger partial charge in [0.25, 0.3) is 5.91 Å². The van der Waals surface area contributed by atoms with Crippen LogP contribution in [0.1, 0.15) is 39.8 Å². The monoisotopic (exact) mass is 360 g/mol. The molecule has 0 unspecified atom stereocenters. The van der Waals surface area contributed by atoms with Gasteiger partial charge in [0.1, 0.15) is 5.69 Å². The van der Waals surface area contributed by atoms with Crippen molar-refractivity contribution in [3.63, 3.8) is 0 Å². The van der Waals surface area contributed by atoms with Crippen LogP contribution in [0.25, 0.3) is 0 Å². The smallest absolute Gasteiger partial charge is 0.274 e. The number of benzene rings is 2. The van der Waals surface area contributed by atoms with Gasteiger partial charge in [-0.2, -0.15) is 0 Å². The number of rotatable bonds is 5. The van der Waals surface area contributed by atoms with Gasteiger partial charge in [0.15, 0.2) is 0 Å². The number of carbonyl (C=O) groups excluding carboxylic acids is 1. The lowest BCUT2D eigenvalue weighted by molar-refractivity contribution is 0.102. The molecule has 0 atom stereocenters. The van der Waals surface area contributed by atoms with Crippen molar-refractivity contribution in [3.05, 3.63) is 76.6 Å². The van der Waals surface area contributed by atoms with Gasteiger partial charge in [-0.1, -0.05) is 37.3 Å². The highest BCUT2D eigenvalue weighted by Gasteiger charge is 2.13. The fourth-order valence-electron chi connectivity index (χ4n) is 2.87. The molecule has 5 nitrogen and oxygen atoms in total. The zero-order valence-electron chi connectivity index (χ0n) is 16.1. The first kappa shape index (κ1) is 18.6. The van der Waals surface area contributed by atoms with Gasteiger partial charge in [0.2, 0.25) is 5.95 Å². The Hall–Kier alpha value is -3.21. The van der Waals surface area contributed by atoms with Gasteiger partial charge in [-0.05, 0) is 62.1 Å². The second kappa shape index (κ2) is 7.99. The predicted molar refractivity (Wildman–Crippen MR) is 110 cm³/mol. The number of nitrogens with zero attached hydrogens (tertiary/aromatic N) is 2. The second-order valence-corrected chi connectivity index (χ2v) is 6.63. The molecule has 1 amide bonds. The van der Waals surface area contributed by atoms with Crippen molar-refractivity contribution in [2.24, 2.45) is 0 Å². The van der Waals surface area contributed by atoms with Gasteiger partial charge in [0, 0.05) is 17.1 Å². The molecular weight excluding hydrogens is 336 g/mol. The zero-order chi connectivity index (χ0) is 19.4. The highest BCUT2D eigenvalue weighted by Crippen LogP contribution is 2.21. The van der Waals surface area contributed by atoms with Crippen LogP contribution in [-0.4, -0.2) is 15.9 Å². The quantitative estimate of drug-likeness (QED) is 0.675. The third-order valence-corrected chi connectivity index (χ3v) is 4.37. The topological polar surface area (TPSA) is 66.9 Å². The Labute approximate surface area is 159 Å². The van der Waals surface area contributed by atoms with E-state index in [9.17, 15) is 4.79 Å². The molecule has 0 bridgehead atoms. The molecule has 5 heteroatoms. The maximum atomic E-state index is 12.7. The van der Waals surface area contributed by atoms with Gasteiger partial charge in [-0.3, -0.25) is 4.79 Å². The Balaban J connectivity index is 1.86. The Kier molecular flexibility index (Phi) is 5.50. The molecule has 0 aliphatic heterocycles. The zero-order valence-corrected chi connectivity index (χ0v) is 16.1. The van der Waals surface area contributed by atoms with E-state index in [1.165, 1.54) is 5.56 Å². The van der Waals surface area contributed by atoms with E-state index in [2.05, 4.69) is 33.6 Å². The number of aromatic nitrogens is 2. The summed E-state index contributed by atoms with van der Waals surface area (Å²) in [6, 6.07) is 15.7. The average Bonchev–Trinajstić information content (AvgIpc) is 2.64.